The van der Waals surface area contributed by atoms with E-state index >= 15 is 0 Å². The third-order valence-electron chi connectivity index (χ3n) is 4.16. The van der Waals surface area contributed by atoms with Crippen LogP contribution in [0, 0.1) is 5.92 Å². The van der Waals surface area contributed by atoms with Crippen molar-refractivity contribution in [1.29, 1.82) is 0 Å². The Morgan fingerprint density at radius 1 is 1.29 bits per heavy atom. The third kappa shape index (κ3) is 2.82. The molecule has 9 heteroatoms. The fraction of sp³-hybridized carbons (Fsp3) is 0.750. The molecular formula is C12H18N4O3S2. The van der Waals surface area contributed by atoms with E-state index in [4.69, 9.17) is 0 Å². The standard InChI is InChI=1S/C12H18N4O3S2/c1-8(17)13-11-14-15-12(20-11)21(18,19)16-7-3-6-10(16)9-4-2-5-9/h9-10H,2-7H2,1H3,(H,13,14,17). The minimum atomic E-state index is -3.60. The summed E-state index contributed by atoms with van der Waals surface area (Å²) in [6.07, 6.45) is 5.26. The Labute approximate surface area is 127 Å². The molecule has 1 N–H and O–H groups in total. The molecule has 3 rings (SSSR count). The second kappa shape index (κ2) is 5.62. The summed E-state index contributed by atoms with van der Waals surface area (Å²) in [4.78, 5) is 11.0. The first-order valence-corrected chi connectivity index (χ1v) is 9.37. The van der Waals surface area contributed by atoms with Crippen molar-refractivity contribution in [3.05, 3.63) is 0 Å². The van der Waals surface area contributed by atoms with Gasteiger partial charge < -0.3 is 5.32 Å². The Balaban J connectivity index is 1.82. The van der Waals surface area contributed by atoms with Crippen molar-refractivity contribution in [2.24, 2.45) is 5.92 Å². The third-order valence-corrected chi connectivity index (χ3v) is 7.27. The highest BCUT2D eigenvalue weighted by Gasteiger charge is 2.42. The number of nitrogens with one attached hydrogen (secondary N) is 1. The Hall–Kier alpha value is -1.06. The van der Waals surface area contributed by atoms with E-state index in [-0.39, 0.29) is 21.4 Å². The summed E-state index contributed by atoms with van der Waals surface area (Å²) in [5.41, 5.74) is 0. The second-order valence-corrected chi connectivity index (χ2v) is 8.61. The minimum Gasteiger partial charge on any atom is -0.301 e. The minimum absolute atomic E-state index is 0.0301. The molecule has 1 aromatic rings. The van der Waals surface area contributed by atoms with Crippen LogP contribution in [0.5, 0.6) is 0 Å². The van der Waals surface area contributed by atoms with Gasteiger partial charge in [0.15, 0.2) is 0 Å². The van der Waals surface area contributed by atoms with Crippen LogP contribution in [-0.4, -0.2) is 41.4 Å². The van der Waals surface area contributed by atoms with Crippen LogP contribution in [0.4, 0.5) is 5.13 Å². The summed E-state index contributed by atoms with van der Waals surface area (Å²) >= 11 is 0.911. The predicted octanol–water partition coefficient (Wildman–Crippen LogP) is 1.45. The summed E-state index contributed by atoms with van der Waals surface area (Å²) in [5, 5.41) is 10.2. The van der Waals surface area contributed by atoms with Gasteiger partial charge in [0.25, 0.3) is 10.0 Å². The molecule has 1 unspecified atom stereocenters. The molecule has 116 valence electrons. The van der Waals surface area contributed by atoms with Crippen molar-refractivity contribution in [3.63, 3.8) is 0 Å². The quantitative estimate of drug-likeness (QED) is 0.844. The van der Waals surface area contributed by atoms with E-state index in [0.29, 0.717) is 12.5 Å². The van der Waals surface area contributed by atoms with Gasteiger partial charge in [0.1, 0.15) is 0 Å². The zero-order chi connectivity index (χ0) is 15.0. The molecule has 1 aliphatic heterocycles. The normalized spacial score (nSPS) is 24.0. The highest BCUT2D eigenvalue weighted by molar-refractivity contribution is 7.91. The van der Waals surface area contributed by atoms with Crippen molar-refractivity contribution in [3.8, 4) is 0 Å². The second-order valence-electron chi connectivity index (χ2n) is 5.57. The molecule has 2 fully saturated rings. The number of nitrogens with zero attached hydrogens (tertiary/aromatic N) is 3. The highest BCUT2D eigenvalue weighted by atomic mass is 32.2. The van der Waals surface area contributed by atoms with Crippen LogP contribution in [0.2, 0.25) is 0 Å². The van der Waals surface area contributed by atoms with Crippen LogP contribution in [0.25, 0.3) is 0 Å². The van der Waals surface area contributed by atoms with Crippen molar-refractivity contribution >= 4 is 32.4 Å². The fourth-order valence-electron chi connectivity index (χ4n) is 2.98. The van der Waals surface area contributed by atoms with E-state index in [1.54, 1.807) is 4.31 Å². The van der Waals surface area contributed by atoms with Gasteiger partial charge in [0.05, 0.1) is 0 Å². The number of carbonyl (C=O) groups is 1. The number of aromatic nitrogens is 2. The van der Waals surface area contributed by atoms with E-state index in [1.807, 2.05) is 0 Å². The SMILES string of the molecule is CC(=O)Nc1nnc(S(=O)(=O)N2CCCC2C2CCC2)s1. The molecule has 1 amide bonds. The molecule has 1 aromatic heterocycles. The first kappa shape index (κ1) is 14.9. The van der Waals surface area contributed by atoms with Gasteiger partial charge in [-0.15, -0.1) is 10.2 Å². The molecule has 2 aliphatic rings. The Kier molecular flexibility index (Phi) is 3.98. The van der Waals surface area contributed by atoms with Crippen molar-refractivity contribution < 1.29 is 13.2 Å². The predicted molar refractivity (Wildman–Crippen MR) is 78.5 cm³/mol. The van der Waals surface area contributed by atoms with Gasteiger partial charge in [-0.3, -0.25) is 4.79 Å². The van der Waals surface area contributed by atoms with E-state index in [2.05, 4.69) is 15.5 Å². The molecule has 1 saturated heterocycles. The number of anilines is 1. The molecular weight excluding hydrogens is 312 g/mol. The summed E-state index contributed by atoms with van der Waals surface area (Å²) < 4.78 is 27.0. The maximum absolute atomic E-state index is 12.7. The highest BCUT2D eigenvalue weighted by Crippen LogP contribution is 2.40. The van der Waals surface area contributed by atoms with Crippen LogP contribution in [0.1, 0.15) is 39.0 Å². The van der Waals surface area contributed by atoms with Gasteiger partial charge >= 0.3 is 0 Å². The van der Waals surface area contributed by atoms with Gasteiger partial charge in [-0.05, 0) is 31.6 Å². The van der Waals surface area contributed by atoms with Crippen LogP contribution >= 0.6 is 11.3 Å². The number of hydrogen-bond donors (Lipinski definition) is 1. The first-order valence-electron chi connectivity index (χ1n) is 7.11. The molecule has 0 spiro atoms. The van der Waals surface area contributed by atoms with Gasteiger partial charge in [0, 0.05) is 19.5 Å². The van der Waals surface area contributed by atoms with Crippen LogP contribution in [-0.2, 0) is 14.8 Å². The van der Waals surface area contributed by atoms with Crippen LogP contribution in [0.15, 0.2) is 4.34 Å². The van der Waals surface area contributed by atoms with Gasteiger partial charge in [-0.25, -0.2) is 8.42 Å². The largest absolute Gasteiger partial charge is 0.301 e. The lowest BCUT2D eigenvalue weighted by atomic mass is 9.79. The number of hydrogen-bond acceptors (Lipinski definition) is 6. The number of rotatable bonds is 4. The fourth-order valence-corrected chi connectivity index (χ4v) is 5.79. The topological polar surface area (TPSA) is 92.3 Å². The maximum Gasteiger partial charge on any atom is 0.272 e. The number of amides is 1. The van der Waals surface area contributed by atoms with Gasteiger partial charge in [0.2, 0.25) is 15.4 Å². The van der Waals surface area contributed by atoms with E-state index < -0.39 is 10.0 Å². The zero-order valence-corrected chi connectivity index (χ0v) is 13.4. The smallest absolute Gasteiger partial charge is 0.272 e. The van der Waals surface area contributed by atoms with E-state index in [0.717, 1.165) is 37.0 Å². The van der Waals surface area contributed by atoms with E-state index in [1.165, 1.54) is 13.3 Å². The van der Waals surface area contributed by atoms with Crippen molar-refractivity contribution in [2.45, 2.75) is 49.4 Å². The molecule has 2 heterocycles. The van der Waals surface area contributed by atoms with Crippen molar-refractivity contribution in [1.82, 2.24) is 14.5 Å². The molecule has 0 radical (unpaired) electrons. The summed E-state index contributed by atoms with van der Waals surface area (Å²) in [6, 6.07) is 0.108. The average molecular weight is 330 g/mol. The van der Waals surface area contributed by atoms with Crippen LogP contribution < -0.4 is 5.32 Å². The lowest BCUT2D eigenvalue weighted by Gasteiger charge is -2.35. The summed E-state index contributed by atoms with van der Waals surface area (Å²) in [5.74, 6) is 0.202. The molecule has 1 aliphatic carbocycles. The molecule has 0 aromatic carbocycles. The Morgan fingerprint density at radius 2 is 2.05 bits per heavy atom. The maximum atomic E-state index is 12.7. The number of sulfonamides is 1. The average Bonchev–Trinajstić information content (AvgIpc) is 2.95. The molecule has 1 saturated carbocycles. The van der Waals surface area contributed by atoms with E-state index in [9.17, 15) is 13.2 Å². The molecule has 1 atom stereocenters. The summed E-state index contributed by atoms with van der Waals surface area (Å²) in [6.45, 7) is 1.90. The zero-order valence-electron chi connectivity index (χ0n) is 11.8. The lowest BCUT2D eigenvalue weighted by molar-refractivity contribution is -0.114. The van der Waals surface area contributed by atoms with Gasteiger partial charge in [-0.2, -0.15) is 4.31 Å². The van der Waals surface area contributed by atoms with Crippen molar-refractivity contribution in [2.75, 3.05) is 11.9 Å². The molecule has 21 heavy (non-hydrogen) atoms. The number of carbonyl (C=O) groups excluding carboxylic acids is 1. The lowest BCUT2D eigenvalue weighted by Crippen LogP contribution is -2.42. The Bertz CT molecular complexity index is 639. The Morgan fingerprint density at radius 3 is 2.67 bits per heavy atom. The first-order chi connectivity index (χ1) is 9.98. The monoisotopic (exact) mass is 330 g/mol. The molecule has 7 nitrogen and oxygen atoms in total. The van der Waals surface area contributed by atoms with Crippen LogP contribution in [0.3, 0.4) is 0 Å². The summed E-state index contributed by atoms with van der Waals surface area (Å²) in [7, 11) is -3.60. The van der Waals surface area contributed by atoms with Gasteiger partial charge in [-0.1, -0.05) is 17.8 Å². The molecule has 0 bridgehead atoms.